The van der Waals surface area contributed by atoms with E-state index in [0.717, 1.165) is 17.0 Å². The lowest BCUT2D eigenvalue weighted by Gasteiger charge is -2.40. The summed E-state index contributed by atoms with van der Waals surface area (Å²) in [6.07, 6.45) is -0.548. The third-order valence-electron chi connectivity index (χ3n) is 7.21. The predicted molar refractivity (Wildman–Crippen MR) is 171 cm³/mol. The van der Waals surface area contributed by atoms with Gasteiger partial charge >= 0.3 is 24.1 Å². The molecule has 0 radical (unpaired) electrons. The highest BCUT2D eigenvalue weighted by Crippen LogP contribution is 2.25. The van der Waals surface area contributed by atoms with E-state index >= 15 is 0 Å². The minimum Gasteiger partial charge on any atom is -0.491 e. The molecule has 0 saturated carbocycles. The Morgan fingerprint density at radius 3 is 2.42 bits per heavy atom. The Hall–Kier alpha value is -5.14. The summed E-state index contributed by atoms with van der Waals surface area (Å²) < 4.78 is 36.6. The van der Waals surface area contributed by atoms with Gasteiger partial charge in [-0.2, -0.15) is 0 Å². The number of carbonyl (C=O) groups is 5. The van der Waals surface area contributed by atoms with Gasteiger partial charge in [-0.25, -0.2) is 18.8 Å². The van der Waals surface area contributed by atoms with Crippen LogP contribution in [0.15, 0.2) is 61.2 Å². The molecule has 260 valence electrons. The number of amides is 3. The van der Waals surface area contributed by atoms with Gasteiger partial charge in [0, 0.05) is 33.1 Å². The number of ether oxygens (including phenoxy) is 4. The zero-order valence-corrected chi connectivity index (χ0v) is 27.6. The Kier molecular flexibility index (Phi) is 13.3. The number of rotatable bonds is 13. The van der Waals surface area contributed by atoms with Gasteiger partial charge in [-0.3, -0.25) is 14.5 Å². The number of carboxylic acid groups (broad SMARTS) is 1. The molecule has 1 saturated heterocycles. The van der Waals surface area contributed by atoms with Gasteiger partial charge in [-0.1, -0.05) is 43.0 Å². The molecule has 1 aliphatic heterocycles. The van der Waals surface area contributed by atoms with Gasteiger partial charge in [-0.05, 0) is 51.0 Å². The molecule has 0 aromatic heterocycles. The van der Waals surface area contributed by atoms with Crippen LogP contribution in [0, 0.1) is 5.82 Å². The van der Waals surface area contributed by atoms with E-state index < -0.39 is 60.0 Å². The van der Waals surface area contributed by atoms with Crippen LogP contribution in [0.4, 0.5) is 14.0 Å². The number of esters is 1. The van der Waals surface area contributed by atoms with E-state index in [-0.39, 0.29) is 57.2 Å². The lowest BCUT2D eigenvalue weighted by atomic mass is 10.1. The van der Waals surface area contributed by atoms with Crippen molar-refractivity contribution in [2.45, 2.75) is 57.9 Å². The average Bonchev–Trinajstić information content (AvgIpc) is 3.04. The highest BCUT2D eigenvalue weighted by molar-refractivity contribution is 5.99. The topological polar surface area (TPSA) is 152 Å². The number of likely N-dealkylation sites (N-methyl/N-ethyl adjacent to an activating group) is 1. The van der Waals surface area contributed by atoms with Gasteiger partial charge in [0.1, 0.15) is 43.0 Å². The smallest absolute Gasteiger partial charge is 0.410 e. The zero-order chi connectivity index (χ0) is 35.4. The molecule has 48 heavy (non-hydrogen) atoms. The standard InChI is InChI=1S/C34H42FN3O10/c1-6-18-45-33(44)38-17-16-37(32(43)48-34(2,3)4)20-25(38)22-46-28-14-12-24(35)19-26(28)30(41)36(5)27(13-15-29(39)40)31(42)47-21-23-10-8-7-9-11-23/h6-12,14,19,25,27H,1,13,15-18,20-22H2,2-5H3,(H,39,40)/t25-,27-/m0/s1. The molecular weight excluding hydrogens is 629 g/mol. The van der Waals surface area contributed by atoms with Crippen LogP contribution in [0.25, 0.3) is 0 Å². The van der Waals surface area contributed by atoms with Crippen LogP contribution in [0.2, 0.25) is 0 Å². The van der Waals surface area contributed by atoms with Crippen LogP contribution in [0.5, 0.6) is 5.75 Å². The fourth-order valence-corrected chi connectivity index (χ4v) is 4.81. The summed E-state index contributed by atoms with van der Waals surface area (Å²) in [6, 6.07) is 9.96. The van der Waals surface area contributed by atoms with Crippen LogP contribution in [-0.2, 0) is 30.4 Å². The van der Waals surface area contributed by atoms with Crippen molar-refractivity contribution in [3.05, 3.63) is 78.1 Å². The molecule has 13 nitrogen and oxygen atoms in total. The monoisotopic (exact) mass is 671 g/mol. The van der Waals surface area contributed by atoms with E-state index in [4.69, 9.17) is 18.9 Å². The third-order valence-corrected chi connectivity index (χ3v) is 7.21. The van der Waals surface area contributed by atoms with E-state index in [1.165, 1.54) is 29.0 Å². The van der Waals surface area contributed by atoms with E-state index in [1.807, 2.05) is 0 Å². The van der Waals surface area contributed by atoms with Gasteiger partial charge < -0.3 is 33.9 Å². The number of benzene rings is 2. The summed E-state index contributed by atoms with van der Waals surface area (Å²) in [5, 5.41) is 9.28. The lowest BCUT2D eigenvalue weighted by Crippen LogP contribution is -2.59. The maximum atomic E-state index is 14.5. The number of carbonyl (C=O) groups excluding carboxylic acids is 4. The van der Waals surface area contributed by atoms with Crippen molar-refractivity contribution >= 4 is 30.0 Å². The maximum Gasteiger partial charge on any atom is 0.410 e. The third kappa shape index (κ3) is 11.0. The minimum atomic E-state index is -1.32. The number of hydrogen-bond donors (Lipinski definition) is 1. The Bertz CT molecular complexity index is 1460. The Balaban J connectivity index is 1.83. The van der Waals surface area contributed by atoms with Crippen molar-refractivity contribution in [1.82, 2.24) is 14.7 Å². The minimum absolute atomic E-state index is 0.00694. The summed E-state index contributed by atoms with van der Waals surface area (Å²) in [7, 11) is 1.28. The largest absolute Gasteiger partial charge is 0.491 e. The van der Waals surface area contributed by atoms with Crippen LogP contribution in [0.1, 0.15) is 49.5 Å². The first-order valence-corrected chi connectivity index (χ1v) is 15.3. The lowest BCUT2D eigenvalue weighted by molar-refractivity contribution is -0.150. The van der Waals surface area contributed by atoms with Crippen LogP contribution in [0.3, 0.4) is 0 Å². The summed E-state index contributed by atoms with van der Waals surface area (Å²) in [6.45, 7) is 8.61. The first-order valence-electron chi connectivity index (χ1n) is 15.3. The molecule has 3 amide bonds. The number of aliphatic carboxylic acids is 1. The molecule has 0 spiro atoms. The van der Waals surface area contributed by atoms with Gasteiger partial charge in [0.05, 0.1) is 11.6 Å². The van der Waals surface area contributed by atoms with Crippen molar-refractivity contribution in [2.24, 2.45) is 0 Å². The summed E-state index contributed by atoms with van der Waals surface area (Å²) in [4.78, 5) is 67.7. The molecule has 1 aliphatic rings. The molecule has 2 aromatic rings. The highest BCUT2D eigenvalue weighted by Gasteiger charge is 2.36. The number of hydrogen-bond acceptors (Lipinski definition) is 9. The van der Waals surface area contributed by atoms with Crippen molar-refractivity contribution < 1.29 is 52.4 Å². The van der Waals surface area contributed by atoms with Crippen molar-refractivity contribution in [3.8, 4) is 5.75 Å². The summed E-state index contributed by atoms with van der Waals surface area (Å²) in [5.41, 5.74) is -0.322. The van der Waals surface area contributed by atoms with Gasteiger partial charge in [-0.15, -0.1) is 0 Å². The molecule has 0 unspecified atom stereocenters. The van der Waals surface area contributed by atoms with Crippen molar-refractivity contribution in [2.75, 3.05) is 39.9 Å². The quantitative estimate of drug-likeness (QED) is 0.183. The van der Waals surface area contributed by atoms with E-state index in [2.05, 4.69) is 6.58 Å². The molecule has 1 N–H and O–H groups in total. The fourth-order valence-electron chi connectivity index (χ4n) is 4.81. The van der Waals surface area contributed by atoms with E-state index in [0.29, 0.717) is 5.56 Å². The van der Waals surface area contributed by atoms with E-state index in [9.17, 15) is 33.5 Å². The molecule has 1 fully saturated rings. The number of carboxylic acids is 1. The fraction of sp³-hybridized carbons (Fsp3) is 0.441. The maximum absolute atomic E-state index is 14.5. The Morgan fingerprint density at radius 2 is 1.77 bits per heavy atom. The van der Waals surface area contributed by atoms with Crippen molar-refractivity contribution in [3.63, 3.8) is 0 Å². The van der Waals surface area contributed by atoms with Crippen LogP contribution >= 0.6 is 0 Å². The molecule has 2 aromatic carbocycles. The predicted octanol–water partition coefficient (Wildman–Crippen LogP) is 4.50. The second-order valence-electron chi connectivity index (χ2n) is 12.0. The van der Waals surface area contributed by atoms with Crippen LogP contribution < -0.4 is 4.74 Å². The molecular formula is C34H42FN3O10. The molecule has 3 rings (SSSR count). The SMILES string of the molecule is C=CCOC(=O)N1CCN(C(=O)OC(C)(C)C)C[C@H]1COc1ccc(F)cc1C(=O)N(C)[C@@H](CCC(=O)O)C(=O)OCc1ccccc1. The summed E-state index contributed by atoms with van der Waals surface area (Å²) in [5.74, 6) is -3.70. The Labute approximate surface area is 278 Å². The first-order chi connectivity index (χ1) is 22.7. The first kappa shape index (κ1) is 37.3. The molecule has 1 heterocycles. The normalized spacial score (nSPS) is 15.1. The Morgan fingerprint density at radius 1 is 1.06 bits per heavy atom. The van der Waals surface area contributed by atoms with Crippen molar-refractivity contribution in [1.29, 1.82) is 0 Å². The zero-order valence-electron chi connectivity index (χ0n) is 27.6. The van der Waals surface area contributed by atoms with Gasteiger partial charge in [0.2, 0.25) is 0 Å². The van der Waals surface area contributed by atoms with Crippen LogP contribution in [-0.4, -0.2) is 107 Å². The molecule has 2 atom stereocenters. The highest BCUT2D eigenvalue weighted by atomic mass is 19.1. The average molecular weight is 672 g/mol. The summed E-state index contributed by atoms with van der Waals surface area (Å²) >= 11 is 0. The number of nitrogens with zero attached hydrogens (tertiary/aromatic N) is 3. The second-order valence-corrected chi connectivity index (χ2v) is 12.0. The van der Waals surface area contributed by atoms with Gasteiger partial charge in [0.15, 0.2) is 0 Å². The molecule has 0 aliphatic carbocycles. The van der Waals surface area contributed by atoms with E-state index in [1.54, 1.807) is 51.1 Å². The molecule has 0 bridgehead atoms. The second kappa shape index (κ2) is 17.1. The van der Waals surface area contributed by atoms with Gasteiger partial charge in [0.25, 0.3) is 5.91 Å². The number of piperazine rings is 1. The molecule has 14 heteroatoms. The number of halogens is 1.